The van der Waals surface area contributed by atoms with Gasteiger partial charge in [-0.15, -0.1) is 54.1 Å². The van der Waals surface area contributed by atoms with Crippen LogP contribution in [0.25, 0.3) is 55.4 Å². The van der Waals surface area contributed by atoms with Crippen molar-refractivity contribution in [2.75, 3.05) is 0 Å². The Hall–Kier alpha value is -4.18. The summed E-state index contributed by atoms with van der Waals surface area (Å²) in [5.41, 5.74) is 10.4. The summed E-state index contributed by atoms with van der Waals surface area (Å²) in [5.74, 6) is 0. The number of aromatic nitrogens is 3. The molecule has 1 radical (unpaired) electrons. The van der Waals surface area contributed by atoms with E-state index in [0.29, 0.717) is 0 Å². The fourth-order valence-electron chi connectivity index (χ4n) is 5.19. The van der Waals surface area contributed by atoms with Crippen LogP contribution < -0.4 is 0 Å². The molecule has 0 fully saturated rings. The van der Waals surface area contributed by atoms with Crippen molar-refractivity contribution in [1.82, 2.24) is 15.0 Å². The van der Waals surface area contributed by atoms with E-state index in [9.17, 15) is 0 Å². The first kappa shape index (κ1) is 30.3. The standard InChI is InChI=1S/C26H23N2O.C12H10N.Ir/c1-16-15-28-23(13-17(16)14-26(2,3)4)21-8-5-7-18-19-10-11-22-20(9-6-12-27-22)25(19)29-24(18)21;1-10-7-8-12(13-9-10)11-5-3-2-4-6-11;/h5-7,9-13,15H,14H2,1-4H3;2-5,7-9H,1H3;/q2*-1;. The zero-order chi connectivity index (χ0) is 29.3. The number of hydrogen-bond donors (Lipinski definition) is 0. The van der Waals surface area contributed by atoms with Gasteiger partial charge in [0.15, 0.2) is 0 Å². The molecule has 0 saturated heterocycles. The molecule has 4 aromatic heterocycles. The van der Waals surface area contributed by atoms with Crippen LogP contribution in [0.5, 0.6) is 0 Å². The minimum absolute atomic E-state index is 0. The third-order valence-corrected chi connectivity index (χ3v) is 7.27. The van der Waals surface area contributed by atoms with Gasteiger partial charge in [0.05, 0.1) is 11.1 Å². The predicted molar refractivity (Wildman–Crippen MR) is 172 cm³/mol. The molecule has 4 nitrogen and oxygen atoms in total. The summed E-state index contributed by atoms with van der Waals surface area (Å²) in [6.07, 6.45) is 6.64. The van der Waals surface area contributed by atoms with Crippen molar-refractivity contribution in [3.8, 4) is 22.5 Å². The van der Waals surface area contributed by atoms with Crippen molar-refractivity contribution in [2.45, 2.75) is 41.0 Å². The van der Waals surface area contributed by atoms with Crippen LogP contribution in [-0.2, 0) is 26.5 Å². The largest absolute Gasteiger partial charge is 0.500 e. The van der Waals surface area contributed by atoms with E-state index in [2.05, 4.69) is 86.2 Å². The first-order chi connectivity index (χ1) is 20.3. The second-order valence-electron chi connectivity index (χ2n) is 11.9. The Kier molecular flexibility index (Phi) is 8.87. The SMILES string of the molecule is Cc1ccc(-c2[c-]cccc2)nc1.Cc1cnc(-c2[c-]ccc3c2oc2c4cccnc4ccc32)cc1CC(C)(C)C.[Ir]. The molecule has 0 unspecified atom stereocenters. The molecule has 3 aromatic carbocycles. The molecule has 217 valence electrons. The van der Waals surface area contributed by atoms with Gasteiger partial charge in [-0.2, -0.15) is 0 Å². The maximum Gasteiger partial charge on any atom is 0.130 e. The van der Waals surface area contributed by atoms with Gasteiger partial charge in [0.2, 0.25) is 0 Å². The van der Waals surface area contributed by atoms with Gasteiger partial charge < -0.3 is 14.4 Å². The van der Waals surface area contributed by atoms with E-state index >= 15 is 0 Å². The van der Waals surface area contributed by atoms with Crippen LogP contribution in [0.15, 0.2) is 102 Å². The number of furan rings is 1. The molecule has 5 heteroatoms. The van der Waals surface area contributed by atoms with Crippen molar-refractivity contribution in [3.63, 3.8) is 0 Å². The smallest absolute Gasteiger partial charge is 0.130 e. The third kappa shape index (κ3) is 6.59. The first-order valence-electron chi connectivity index (χ1n) is 14.2. The molecule has 0 aliphatic rings. The zero-order valence-corrected chi connectivity index (χ0v) is 27.4. The summed E-state index contributed by atoms with van der Waals surface area (Å²) in [7, 11) is 0. The zero-order valence-electron chi connectivity index (χ0n) is 25.0. The van der Waals surface area contributed by atoms with Crippen molar-refractivity contribution < 1.29 is 24.5 Å². The summed E-state index contributed by atoms with van der Waals surface area (Å²) < 4.78 is 6.41. The maximum absolute atomic E-state index is 6.41. The van der Waals surface area contributed by atoms with Crippen LogP contribution in [0.4, 0.5) is 0 Å². The van der Waals surface area contributed by atoms with Crippen molar-refractivity contribution >= 4 is 32.8 Å². The fourth-order valence-corrected chi connectivity index (χ4v) is 5.19. The average molecular weight is 740 g/mol. The Labute approximate surface area is 266 Å². The monoisotopic (exact) mass is 740 g/mol. The number of benzene rings is 3. The van der Waals surface area contributed by atoms with Gasteiger partial charge in [-0.1, -0.05) is 55.5 Å². The number of hydrogen-bond acceptors (Lipinski definition) is 4. The normalized spacial score (nSPS) is 11.3. The molecule has 0 bridgehead atoms. The molecule has 0 atom stereocenters. The molecule has 4 heterocycles. The Morgan fingerprint density at radius 2 is 1.53 bits per heavy atom. The van der Waals surface area contributed by atoms with Crippen molar-refractivity contribution in [3.05, 3.63) is 126 Å². The minimum atomic E-state index is 0. The molecule has 7 rings (SSSR count). The Balaban J connectivity index is 0.000000221. The van der Waals surface area contributed by atoms with Crippen LogP contribution in [0.1, 0.15) is 37.5 Å². The van der Waals surface area contributed by atoms with Crippen LogP contribution in [0.3, 0.4) is 0 Å². The quantitative estimate of drug-likeness (QED) is 0.170. The van der Waals surface area contributed by atoms with Crippen LogP contribution in [0.2, 0.25) is 0 Å². The molecule has 0 aliphatic heterocycles. The maximum atomic E-state index is 6.41. The Bertz CT molecular complexity index is 2010. The number of rotatable bonds is 3. The van der Waals surface area contributed by atoms with E-state index in [-0.39, 0.29) is 25.5 Å². The number of pyridine rings is 3. The van der Waals surface area contributed by atoms with Crippen LogP contribution in [-0.4, -0.2) is 15.0 Å². The predicted octanol–water partition coefficient (Wildman–Crippen LogP) is 9.75. The average Bonchev–Trinajstić information content (AvgIpc) is 3.38. The number of fused-ring (bicyclic) bond motifs is 5. The topological polar surface area (TPSA) is 51.8 Å². The minimum Gasteiger partial charge on any atom is -0.500 e. The molecule has 0 amide bonds. The van der Waals surface area contributed by atoms with E-state index in [0.717, 1.165) is 61.8 Å². The van der Waals surface area contributed by atoms with Crippen LogP contribution >= 0.6 is 0 Å². The Morgan fingerprint density at radius 3 is 2.28 bits per heavy atom. The molecule has 0 saturated carbocycles. The van der Waals surface area contributed by atoms with E-state index in [1.54, 1.807) is 0 Å². The van der Waals surface area contributed by atoms with Gasteiger partial charge in [0, 0.05) is 49.5 Å². The molecular formula is C38H33IrN3O-2. The van der Waals surface area contributed by atoms with Crippen LogP contribution in [0, 0.1) is 31.4 Å². The molecular weight excluding hydrogens is 707 g/mol. The van der Waals surface area contributed by atoms with Gasteiger partial charge in [0.25, 0.3) is 0 Å². The fraction of sp³-hybridized carbons (Fsp3) is 0.184. The van der Waals surface area contributed by atoms with Gasteiger partial charge in [-0.05, 0) is 72.5 Å². The van der Waals surface area contributed by atoms with Gasteiger partial charge in [-0.3, -0.25) is 4.98 Å². The molecule has 0 spiro atoms. The summed E-state index contributed by atoms with van der Waals surface area (Å²) >= 11 is 0. The molecule has 43 heavy (non-hydrogen) atoms. The third-order valence-electron chi connectivity index (χ3n) is 7.27. The second-order valence-corrected chi connectivity index (χ2v) is 11.9. The summed E-state index contributed by atoms with van der Waals surface area (Å²) in [6.45, 7) is 10.9. The van der Waals surface area contributed by atoms with E-state index in [4.69, 9.17) is 9.40 Å². The number of nitrogens with zero attached hydrogens (tertiary/aromatic N) is 3. The van der Waals surface area contributed by atoms with Crippen molar-refractivity contribution in [2.24, 2.45) is 5.41 Å². The van der Waals surface area contributed by atoms with Crippen molar-refractivity contribution in [1.29, 1.82) is 0 Å². The first-order valence-corrected chi connectivity index (χ1v) is 14.2. The van der Waals surface area contributed by atoms with Gasteiger partial charge >= 0.3 is 0 Å². The Morgan fingerprint density at radius 1 is 0.721 bits per heavy atom. The molecule has 0 N–H and O–H groups in total. The van der Waals surface area contributed by atoms with E-state index < -0.39 is 0 Å². The van der Waals surface area contributed by atoms with E-state index in [1.165, 1.54) is 16.7 Å². The molecule has 7 aromatic rings. The summed E-state index contributed by atoms with van der Waals surface area (Å²) in [6, 6.07) is 32.8. The van der Waals surface area contributed by atoms with Gasteiger partial charge in [0.1, 0.15) is 5.58 Å². The van der Waals surface area contributed by atoms with E-state index in [1.807, 2.05) is 68.0 Å². The molecule has 0 aliphatic carbocycles. The summed E-state index contributed by atoms with van der Waals surface area (Å²) in [5, 5.41) is 3.20. The summed E-state index contributed by atoms with van der Waals surface area (Å²) in [4.78, 5) is 13.5. The second kappa shape index (κ2) is 12.6. The van der Waals surface area contributed by atoms with Gasteiger partial charge in [-0.25, -0.2) is 0 Å². The number of aryl methyl sites for hydroxylation is 2.